The van der Waals surface area contributed by atoms with Gasteiger partial charge in [0.05, 0.1) is 18.2 Å². The molecule has 0 bridgehead atoms. The van der Waals surface area contributed by atoms with E-state index in [1.807, 2.05) is 17.9 Å². The number of aromatic nitrogens is 2. The molecule has 29 heavy (non-hydrogen) atoms. The van der Waals surface area contributed by atoms with Crippen LogP contribution in [0.25, 0.3) is 0 Å². The Morgan fingerprint density at radius 3 is 2.90 bits per heavy atom. The van der Waals surface area contributed by atoms with Crippen LogP contribution in [0.4, 0.5) is 11.8 Å². The van der Waals surface area contributed by atoms with Crippen molar-refractivity contribution in [3.05, 3.63) is 40.0 Å². The summed E-state index contributed by atoms with van der Waals surface area (Å²) in [5, 5.41) is 19.8. The highest BCUT2D eigenvalue weighted by molar-refractivity contribution is 6.32. The number of halogens is 1. The summed E-state index contributed by atoms with van der Waals surface area (Å²) < 4.78 is 5.75. The zero-order valence-electron chi connectivity index (χ0n) is 16.3. The van der Waals surface area contributed by atoms with E-state index in [0.717, 1.165) is 12.1 Å². The quantitative estimate of drug-likeness (QED) is 0.609. The molecular weight excluding hydrogens is 396 g/mol. The van der Waals surface area contributed by atoms with Crippen LogP contribution in [0.3, 0.4) is 0 Å². The maximum Gasteiger partial charge on any atom is 0.222 e. The van der Waals surface area contributed by atoms with E-state index in [2.05, 4.69) is 9.97 Å². The third-order valence-corrected chi connectivity index (χ3v) is 5.16. The largest absolute Gasteiger partial charge is 0.507 e. The number of nitrogens with two attached hydrogens (primary N) is 1. The van der Waals surface area contributed by atoms with Crippen molar-refractivity contribution >= 4 is 29.2 Å². The number of ether oxygens (including phenoxy) is 1. The molecule has 0 saturated carbocycles. The van der Waals surface area contributed by atoms with Crippen LogP contribution in [0.5, 0.6) is 5.75 Å². The number of nitrogens with zero attached hydrogens (tertiary/aromatic N) is 3. The monoisotopic (exact) mass is 420 g/mol. The molecule has 0 aliphatic carbocycles. The van der Waals surface area contributed by atoms with E-state index < -0.39 is 0 Å². The first kappa shape index (κ1) is 21.3. The molecule has 3 rings (SSSR count). The second-order valence-electron chi connectivity index (χ2n) is 7.00. The van der Waals surface area contributed by atoms with Gasteiger partial charge in [0.15, 0.2) is 5.78 Å². The molecule has 1 aliphatic rings. The number of aromatic hydroxyl groups is 1. The fourth-order valence-corrected chi connectivity index (χ4v) is 3.75. The van der Waals surface area contributed by atoms with Crippen LogP contribution in [0, 0.1) is 6.92 Å². The van der Waals surface area contributed by atoms with Gasteiger partial charge in [0.2, 0.25) is 5.95 Å². The van der Waals surface area contributed by atoms with Gasteiger partial charge in [-0.2, -0.15) is 4.98 Å². The number of carbonyl (C=O) groups is 1. The molecule has 1 saturated heterocycles. The minimum absolute atomic E-state index is 0.0891. The minimum atomic E-state index is -0.314. The Hall–Kier alpha value is -2.42. The van der Waals surface area contributed by atoms with Gasteiger partial charge < -0.3 is 25.6 Å². The number of hydrogen-bond donors (Lipinski definition) is 3. The third kappa shape index (κ3) is 4.95. The summed E-state index contributed by atoms with van der Waals surface area (Å²) in [6, 6.07) is 4.52. The first-order chi connectivity index (χ1) is 13.9. The Balaban J connectivity index is 1.99. The van der Waals surface area contributed by atoms with Crippen LogP contribution < -0.4 is 10.6 Å². The lowest BCUT2D eigenvalue weighted by molar-refractivity contribution is 0.0968. The molecule has 0 unspecified atom stereocenters. The molecule has 2 aromatic rings. The van der Waals surface area contributed by atoms with E-state index in [1.54, 1.807) is 0 Å². The number of Topliss-reactive ketones (excluding diaryl/α,β-unsaturated/α-hetero) is 1. The number of benzene rings is 1. The number of phenolic OH excluding ortho intramolecular Hbond substituents is 1. The fourth-order valence-electron chi connectivity index (χ4n) is 3.46. The van der Waals surface area contributed by atoms with Crippen molar-refractivity contribution in [2.75, 3.05) is 37.0 Å². The fraction of sp³-hybridized carbons (Fsp3) is 0.450. The average molecular weight is 421 g/mol. The summed E-state index contributed by atoms with van der Waals surface area (Å²) in [5.41, 5.74) is 7.37. The second kappa shape index (κ2) is 9.39. The first-order valence-electron chi connectivity index (χ1n) is 9.52. The Morgan fingerprint density at radius 1 is 1.38 bits per heavy atom. The van der Waals surface area contributed by atoms with Gasteiger partial charge in [0, 0.05) is 43.0 Å². The zero-order chi connectivity index (χ0) is 21.0. The molecule has 9 heteroatoms. The van der Waals surface area contributed by atoms with Gasteiger partial charge in [-0.3, -0.25) is 4.79 Å². The highest BCUT2D eigenvalue weighted by atomic mass is 35.5. The third-order valence-electron chi connectivity index (χ3n) is 4.83. The summed E-state index contributed by atoms with van der Waals surface area (Å²) in [6.07, 6.45) is 1.26. The molecule has 0 spiro atoms. The Bertz CT molecular complexity index is 873. The molecule has 1 fully saturated rings. The van der Waals surface area contributed by atoms with E-state index in [0.29, 0.717) is 42.6 Å². The predicted molar refractivity (Wildman–Crippen MR) is 110 cm³/mol. The van der Waals surface area contributed by atoms with Gasteiger partial charge in [-0.15, -0.1) is 0 Å². The lowest BCUT2D eigenvalue weighted by Gasteiger charge is -2.31. The number of aliphatic hydroxyl groups is 1. The lowest BCUT2D eigenvalue weighted by Crippen LogP contribution is -2.32. The van der Waals surface area contributed by atoms with Crippen molar-refractivity contribution in [2.45, 2.75) is 32.2 Å². The van der Waals surface area contributed by atoms with Gasteiger partial charge in [-0.1, -0.05) is 11.6 Å². The first-order valence-corrected chi connectivity index (χ1v) is 9.90. The Labute approximate surface area is 174 Å². The van der Waals surface area contributed by atoms with Crippen LogP contribution >= 0.6 is 11.6 Å². The number of nitrogen functional groups attached to an aromatic ring is 1. The van der Waals surface area contributed by atoms with Crippen molar-refractivity contribution in [1.82, 2.24) is 9.97 Å². The Kier molecular flexibility index (Phi) is 6.89. The van der Waals surface area contributed by atoms with Gasteiger partial charge in [0.25, 0.3) is 0 Å². The van der Waals surface area contributed by atoms with E-state index in [1.165, 1.54) is 12.1 Å². The summed E-state index contributed by atoms with van der Waals surface area (Å²) in [5.74, 6) is 0.430. The van der Waals surface area contributed by atoms with Crippen LogP contribution in [0.2, 0.25) is 5.02 Å². The van der Waals surface area contributed by atoms with Gasteiger partial charge in [-0.25, -0.2) is 4.98 Å². The SMILES string of the molecule is Cc1cc(N2CCCOC[C@H]2c2cc(O)c(C(=O)CCCO)cc2Cl)nc(N)n1. The van der Waals surface area contributed by atoms with E-state index in [4.69, 9.17) is 27.2 Å². The van der Waals surface area contributed by atoms with Crippen LogP contribution in [-0.4, -0.2) is 52.3 Å². The normalized spacial score (nSPS) is 17.2. The van der Waals surface area contributed by atoms with Crippen LogP contribution in [-0.2, 0) is 4.74 Å². The highest BCUT2D eigenvalue weighted by Crippen LogP contribution is 2.37. The number of carbonyl (C=O) groups excluding carboxylic acids is 1. The number of aliphatic hydroxyl groups excluding tert-OH is 1. The molecule has 156 valence electrons. The predicted octanol–water partition coefficient (Wildman–Crippen LogP) is 2.65. The molecular formula is C20H25ClN4O4. The standard InChI is InChI=1S/C20H25ClN4O4/c1-12-8-19(24-20(22)23-12)25-5-3-7-29-11-16(25)13-10-18(28)14(9-15(13)21)17(27)4-2-6-26/h8-10,16,26,28H,2-7,11H2,1H3,(H2,22,23,24)/t16-/m0/s1. The molecule has 0 amide bonds. The van der Waals surface area contributed by atoms with Gasteiger partial charge in [-0.05, 0) is 37.5 Å². The Morgan fingerprint density at radius 2 is 2.17 bits per heavy atom. The molecule has 1 aromatic heterocycles. The van der Waals surface area contributed by atoms with Crippen LogP contribution in [0.1, 0.15) is 46.9 Å². The zero-order valence-corrected chi connectivity index (χ0v) is 17.0. The number of phenols is 1. The van der Waals surface area contributed by atoms with E-state index in [9.17, 15) is 9.90 Å². The summed E-state index contributed by atoms with van der Waals surface area (Å²) in [6.45, 7) is 3.35. The topological polar surface area (TPSA) is 122 Å². The van der Waals surface area contributed by atoms with E-state index >= 15 is 0 Å². The molecule has 4 N–H and O–H groups in total. The van der Waals surface area contributed by atoms with Gasteiger partial charge in [0.1, 0.15) is 11.6 Å². The second-order valence-corrected chi connectivity index (χ2v) is 7.41. The van der Waals surface area contributed by atoms with Gasteiger partial charge >= 0.3 is 0 Å². The van der Waals surface area contributed by atoms with Crippen molar-refractivity contribution in [3.8, 4) is 5.75 Å². The van der Waals surface area contributed by atoms with Crippen molar-refractivity contribution in [3.63, 3.8) is 0 Å². The smallest absolute Gasteiger partial charge is 0.222 e. The molecule has 1 atom stereocenters. The summed E-state index contributed by atoms with van der Waals surface area (Å²) in [7, 11) is 0. The van der Waals surface area contributed by atoms with Crippen molar-refractivity contribution in [2.24, 2.45) is 0 Å². The molecule has 1 aliphatic heterocycles. The lowest BCUT2D eigenvalue weighted by atomic mass is 9.99. The molecule has 8 nitrogen and oxygen atoms in total. The number of anilines is 2. The number of aryl methyl sites for hydroxylation is 1. The maximum absolute atomic E-state index is 12.3. The summed E-state index contributed by atoms with van der Waals surface area (Å²) >= 11 is 6.53. The maximum atomic E-state index is 12.3. The van der Waals surface area contributed by atoms with E-state index in [-0.39, 0.29) is 42.1 Å². The van der Waals surface area contributed by atoms with Crippen LogP contribution in [0.15, 0.2) is 18.2 Å². The molecule has 2 heterocycles. The van der Waals surface area contributed by atoms with Crippen molar-refractivity contribution in [1.29, 1.82) is 0 Å². The van der Waals surface area contributed by atoms with Crippen molar-refractivity contribution < 1.29 is 19.7 Å². The summed E-state index contributed by atoms with van der Waals surface area (Å²) in [4.78, 5) is 22.8. The highest BCUT2D eigenvalue weighted by Gasteiger charge is 2.28. The number of ketones is 1. The molecule has 0 radical (unpaired) electrons. The number of hydrogen-bond acceptors (Lipinski definition) is 8. The minimum Gasteiger partial charge on any atom is -0.507 e. The average Bonchev–Trinajstić information content (AvgIpc) is 2.92. The molecule has 1 aromatic carbocycles. The number of rotatable bonds is 6.